The molecule has 0 bridgehead atoms. The summed E-state index contributed by atoms with van der Waals surface area (Å²) in [5.74, 6) is 0.912. The van der Waals surface area contributed by atoms with Gasteiger partial charge in [-0.2, -0.15) is 11.8 Å². The van der Waals surface area contributed by atoms with Crippen molar-refractivity contribution < 1.29 is 9.13 Å². The minimum atomic E-state index is -0.400. The number of ether oxygens (including phenoxy) is 1. The zero-order chi connectivity index (χ0) is 14.7. The van der Waals surface area contributed by atoms with Gasteiger partial charge >= 0.3 is 0 Å². The Balaban J connectivity index is 2.44. The zero-order valence-corrected chi connectivity index (χ0v) is 13.4. The summed E-state index contributed by atoms with van der Waals surface area (Å²) in [6.07, 6.45) is 3.10. The third-order valence-corrected chi connectivity index (χ3v) is 4.66. The number of benzene rings is 1. The normalized spacial score (nSPS) is 12.8. The highest BCUT2D eigenvalue weighted by molar-refractivity contribution is 7.99. The van der Waals surface area contributed by atoms with Crippen LogP contribution >= 0.6 is 23.4 Å². The number of thioether (sulfide) groups is 1. The summed E-state index contributed by atoms with van der Waals surface area (Å²) in [5.41, 5.74) is 1.49. The molecular formula is C14H18ClFN2OS. The number of hydrogen-bond donors (Lipinski definition) is 0. The third kappa shape index (κ3) is 3.04. The number of nitrogens with zero attached hydrogens (tertiary/aromatic N) is 2. The van der Waals surface area contributed by atoms with Gasteiger partial charge < -0.3 is 9.30 Å². The van der Waals surface area contributed by atoms with E-state index in [4.69, 9.17) is 16.3 Å². The van der Waals surface area contributed by atoms with Crippen LogP contribution in [0.2, 0.25) is 0 Å². The summed E-state index contributed by atoms with van der Waals surface area (Å²) < 4.78 is 20.8. The second kappa shape index (κ2) is 6.68. The lowest BCUT2D eigenvalue weighted by Gasteiger charge is -2.12. The highest BCUT2D eigenvalue weighted by atomic mass is 35.5. The van der Waals surface area contributed by atoms with Crippen LogP contribution in [0.3, 0.4) is 0 Å². The first kappa shape index (κ1) is 15.4. The molecule has 3 nitrogen and oxygen atoms in total. The number of aryl methyl sites for hydroxylation is 1. The van der Waals surface area contributed by atoms with Crippen LogP contribution < -0.4 is 4.74 Å². The van der Waals surface area contributed by atoms with Crippen LogP contribution in [-0.2, 0) is 12.4 Å². The number of halogens is 2. The highest BCUT2D eigenvalue weighted by Gasteiger charge is 2.14. The molecule has 1 atom stereocenters. The molecule has 0 saturated carbocycles. The Morgan fingerprint density at radius 1 is 1.50 bits per heavy atom. The van der Waals surface area contributed by atoms with Crippen molar-refractivity contribution in [3.05, 3.63) is 23.8 Å². The smallest absolute Gasteiger partial charge is 0.167 e. The summed E-state index contributed by atoms with van der Waals surface area (Å²) in [5, 5.41) is 0.554. The van der Waals surface area contributed by atoms with Crippen molar-refractivity contribution >= 4 is 34.4 Å². The number of methoxy groups -OCH3 is 1. The molecule has 1 aromatic heterocycles. The first-order valence-electron chi connectivity index (χ1n) is 6.42. The second-order valence-corrected chi connectivity index (χ2v) is 6.17. The summed E-state index contributed by atoms with van der Waals surface area (Å²) in [4.78, 5) is 4.40. The minimum absolute atomic E-state index is 0.234. The molecule has 0 aliphatic carbocycles. The van der Waals surface area contributed by atoms with Crippen molar-refractivity contribution in [1.29, 1.82) is 0 Å². The van der Waals surface area contributed by atoms with E-state index < -0.39 is 5.82 Å². The minimum Gasteiger partial charge on any atom is -0.494 e. The maximum atomic E-state index is 13.7. The summed E-state index contributed by atoms with van der Waals surface area (Å²) in [6, 6.07) is 3.09. The lowest BCUT2D eigenvalue weighted by molar-refractivity contribution is 0.387. The van der Waals surface area contributed by atoms with Crippen molar-refractivity contribution in [3.8, 4) is 5.75 Å². The van der Waals surface area contributed by atoms with Gasteiger partial charge in [0.25, 0.3) is 0 Å². The Bertz CT molecular complexity index is 602. The van der Waals surface area contributed by atoms with Gasteiger partial charge in [-0.25, -0.2) is 9.37 Å². The van der Waals surface area contributed by atoms with E-state index in [1.807, 2.05) is 11.8 Å². The van der Waals surface area contributed by atoms with E-state index in [0.717, 1.165) is 24.3 Å². The van der Waals surface area contributed by atoms with Gasteiger partial charge in [-0.15, -0.1) is 11.6 Å². The van der Waals surface area contributed by atoms with Crippen molar-refractivity contribution in [2.24, 2.45) is 0 Å². The van der Waals surface area contributed by atoms with Crippen LogP contribution in [0, 0.1) is 5.82 Å². The molecule has 0 fully saturated rings. The van der Waals surface area contributed by atoms with Gasteiger partial charge in [0.2, 0.25) is 0 Å². The molecule has 1 heterocycles. The van der Waals surface area contributed by atoms with Gasteiger partial charge in [0, 0.05) is 23.9 Å². The Kier molecular flexibility index (Phi) is 5.16. The maximum absolute atomic E-state index is 13.7. The molecule has 110 valence electrons. The van der Waals surface area contributed by atoms with Crippen molar-refractivity contribution in [2.45, 2.75) is 31.0 Å². The third-order valence-electron chi connectivity index (χ3n) is 3.38. The van der Waals surface area contributed by atoms with Gasteiger partial charge in [0.05, 0.1) is 24.0 Å². The lowest BCUT2D eigenvalue weighted by atomic mass is 10.2. The van der Waals surface area contributed by atoms with Crippen LogP contribution in [0.25, 0.3) is 11.0 Å². The molecule has 2 rings (SSSR count). The molecule has 0 amide bonds. The van der Waals surface area contributed by atoms with E-state index >= 15 is 0 Å². The standard InChI is InChI=1S/C14H18ClFN2OS/c1-9(20-3)4-5-18-12-7-13(19-2)10(16)6-11(12)17-14(18)8-15/h6-7,9H,4-5,8H2,1-3H3. The van der Waals surface area contributed by atoms with Gasteiger partial charge in [0.15, 0.2) is 11.6 Å². The highest BCUT2D eigenvalue weighted by Crippen LogP contribution is 2.27. The second-order valence-electron chi connectivity index (χ2n) is 4.62. The molecule has 2 aromatic rings. The maximum Gasteiger partial charge on any atom is 0.167 e. The lowest BCUT2D eigenvalue weighted by Crippen LogP contribution is -2.07. The summed E-state index contributed by atoms with van der Waals surface area (Å²) >= 11 is 7.78. The molecular weight excluding hydrogens is 299 g/mol. The van der Waals surface area contributed by atoms with Crippen LogP contribution in [0.1, 0.15) is 19.2 Å². The summed E-state index contributed by atoms with van der Waals surface area (Å²) in [7, 11) is 1.46. The van der Waals surface area contributed by atoms with E-state index in [2.05, 4.69) is 22.7 Å². The average molecular weight is 317 g/mol. The quantitative estimate of drug-likeness (QED) is 0.752. The molecule has 0 aliphatic rings. The molecule has 1 aromatic carbocycles. The van der Waals surface area contributed by atoms with Crippen molar-refractivity contribution in [2.75, 3.05) is 13.4 Å². The number of aromatic nitrogens is 2. The van der Waals surface area contributed by atoms with E-state index in [9.17, 15) is 4.39 Å². The number of hydrogen-bond acceptors (Lipinski definition) is 3. The molecule has 0 saturated heterocycles. The molecule has 0 spiro atoms. The fourth-order valence-corrected chi connectivity index (χ4v) is 2.66. The fraction of sp³-hybridized carbons (Fsp3) is 0.500. The van der Waals surface area contributed by atoms with E-state index in [1.54, 1.807) is 6.07 Å². The zero-order valence-electron chi connectivity index (χ0n) is 11.8. The topological polar surface area (TPSA) is 27.1 Å². The molecule has 0 N–H and O–H groups in total. The molecule has 6 heteroatoms. The SMILES string of the molecule is COc1cc2c(cc1F)nc(CCl)n2CCC(C)SC. The predicted octanol–water partition coefficient (Wildman–Crippen LogP) is 4.06. The average Bonchev–Trinajstić information content (AvgIpc) is 2.80. The molecule has 0 aliphatic heterocycles. The largest absolute Gasteiger partial charge is 0.494 e. The number of imidazole rings is 1. The Labute approximate surface area is 127 Å². The van der Waals surface area contributed by atoms with Crippen LogP contribution in [-0.4, -0.2) is 28.2 Å². The summed E-state index contributed by atoms with van der Waals surface area (Å²) in [6.45, 7) is 3.00. The van der Waals surface area contributed by atoms with Gasteiger partial charge in [-0.05, 0) is 12.7 Å². The van der Waals surface area contributed by atoms with Crippen molar-refractivity contribution in [3.63, 3.8) is 0 Å². The predicted molar refractivity (Wildman–Crippen MR) is 83.4 cm³/mol. The number of rotatable bonds is 6. The fourth-order valence-electron chi connectivity index (χ4n) is 2.11. The number of alkyl halides is 1. The van der Waals surface area contributed by atoms with E-state index in [1.165, 1.54) is 13.2 Å². The first-order valence-corrected chi connectivity index (χ1v) is 8.24. The Morgan fingerprint density at radius 3 is 2.85 bits per heavy atom. The van der Waals surface area contributed by atoms with Gasteiger partial charge in [-0.3, -0.25) is 0 Å². The van der Waals surface area contributed by atoms with Gasteiger partial charge in [0.1, 0.15) is 5.82 Å². The van der Waals surface area contributed by atoms with Crippen LogP contribution in [0.5, 0.6) is 5.75 Å². The van der Waals surface area contributed by atoms with E-state index in [-0.39, 0.29) is 5.75 Å². The Morgan fingerprint density at radius 2 is 2.25 bits per heavy atom. The monoisotopic (exact) mass is 316 g/mol. The number of fused-ring (bicyclic) bond motifs is 1. The molecule has 0 radical (unpaired) electrons. The first-order chi connectivity index (χ1) is 9.60. The van der Waals surface area contributed by atoms with Gasteiger partial charge in [-0.1, -0.05) is 6.92 Å². The van der Waals surface area contributed by atoms with Crippen LogP contribution in [0.4, 0.5) is 4.39 Å². The molecule has 20 heavy (non-hydrogen) atoms. The van der Waals surface area contributed by atoms with E-state index in [0.29, 0.717) is 16.6 Å². The van der Waals surface area contributed by atoms with Crippen molar-refractivity contribution in [1.82, 2.24) is 9.55 Å². The Hall–Kier alpha value is -0.940. The van der Waals surface area contributed by atoms with Crippen LogP contribution in [0.15, 0.2) is 12.1 Å². The molecule has 1 unspecified atom stereocenters.